The van der Waals surface area contributed by atoms with Crippen LogP contribution in [0.25, 0.3) is 11.3 Å². The number of anilines is 1. The van der Waals surface area contributed by atoms with Crippen LogP contribution in [0.2, 0.25) is 0 Å². The van der Waals surface area contributed by atoms with Gasteiger partial charge in [-0.1, -0.05) is 72.3 Å². The molecule has 5 nitrogen and oxygen atoms in total. The number of hydrogen-bond acceptors (Lipinski definition) is 3. The van der Waals surface area contributed by atoms with Gasteiger partial charge >= 0.3 is 0 Å². The van der Waals surface area contributed by atoms with E-state index in [4.69, 9.17) is 5.10 Å². The van der Waals surface area contributed by atoms with Crippen molar-refractivity contribution >= 4 is 11.6 Å². The van der Waals surface area contributed by atoms with Gasteiger partial charge in [0.2, 0.25) is 0 Å². The van der Waals surface area contributed by atoms with Crippen LogP contribution in [-0.2, 0) is 6.54 Å². The lowest BCUT2D eigenvalue weighted by molar-refractivity contribution is 0.0936. The molecule has 2 heterocycles. The molecule has 0 spiro atoms. The average Bonchev–Trinajstić information content (AvgIpc) is 3.19. The predicted octanol–water partition coefficient (Wildman–Crippen LogP) is 4.76. The highest BCUT2D eigenvalue weighted by Gasteiger charge is 2.28. The van der Waals surface area contributed by atoms with Gasteiger partial charge in [0.1, 0.15) is 6.17 Å². The van der Waals surface area contributed by atoms with Crippen molar-refractivity contribution in [1.29, 1.82) is 0 Å². The Morgan fingerprint density at radius 3 is 2.43 bits per heavy atom. The minimum Gasteiger partial charge on any atom is -0.361 e. The van der Waals surface area contributed by atoms with Crippen molar-refractivity contribution in [2.45, 2.75) is 19.6 Å². The molecule has 148 valence electrons. The number of aromatic nitrogens is 2. The van der Waals surface area contributed by atoms with Gasteiger partial charge in [-0.2, -0.15) is 5.10 Å². The largest absolute Gasteiger partial charge is 0.361 e. The number of aryl methyl sites for hydroxylation is 1. The number of rotatable bonds is 4. The summed E-state index contributed by atoms with van der Waals surface area (Å²) in [7, 11) is 0. The molecule has 1 aliphatic heterocycles. The summed E-state index contributed by atoms with van der Waals surface area (Å²) in [5.74, 6) is -0.0833. The Hall–Kier alpha value is -3.86. The fourth-order valence-electron chi connectivity index (χ4n) is 3.80. The normalized spacial score (nSPS) is 15.2. The molecule has 0 unspecified atom stereocenters. The van der Waals surface area contributed by atoms with E-state index in [1.54, 1.807) is 0 Å². The summed E-state index contributed by atoms with van der Waals surface area (Å²) in [5.41, 5.74) is 6.69. The Morgan fingerprint density at radius 2 is 1.63 bits per heavy atom. The molecule has 0 bridgehead atoms. The van der Waals surface area contributed by atoms with Crippen LogP contribution in [0.1, 0.15) is 33.2 Å². The van der Waals surface area contributed by atoms with Crippen LogP contribution in [0, 0.1) is 6.92 Å². The number of benzene rings is 3. The van der Waals surface area contributed by atoms with Gasteiger partial charge in [0.15, 0.2) is 0 Å². The van der Waals surface area contributed by atoms with Crippen molar-refractivity contribution in [3.05, 3.63) is 107 Å². The van der Waals surface area contributed by atoms with E-state index in [-0.39, 0.29) is 12.1 Å². The Bertz CT molecular complexity index is 1200. The van der Waals surface area contributed by atoms with Crippen molar-refractivity contribution in [2.24, 2.45) is 0 Å². The molecule has 1 atom stereocenters. The lowest BCUT2D eigenvalue weighted by Gasteiger charge is -2.27. The smallest absolute Gasteiger partial charge is 0.255 e. The molecular weight excluding hydrogens is 372 g/mol. The van der Waals surface area contributed by atoms with Crippen LogP contribution >= 0.6 is 0 Å². The average molecular weight is 394 g/mol. The molecule has 3 aromatic carbocycles. The Morgan fingerprint density at radius 1 is 0.900 bits per heavy atom. The Balaban J connectivity index is 1.56. The van der Waals surface area contributed by atoms with Crippen LogP contribution in [0.15, 0.2) is 85.1 Å². The summed E-state index contributed by atoms with van der Waals surface area (Å²) in [5, 5.41) is 11.4. The highest BCUT2D eigenvalue weighted by molar-refractivity contribution is 6.01. The molecule has 5 rings (SSSR count). The molecule has 0 aliphatic carbocycles. The topological polar surface area (TPSA) is 59.0 Å². The second-order valence-corrected chi connectivity index (χ2v) is 7.58. The number of hydrogen-bond donors (Lipinski definition) is 2. The van der Waals surface area contributed by atoms with Crippen molar-refractivity contribution < 1.29 is 4.79 Å². The highest BCUT2D eigenvalue weighted by atomic mass is 16.2. The maximum absolute atomic E-state index is 12.7. The van der Waals surface area contributed by atoms with Gasteiger partial charge in [0.05, 0.1) is 17.8 Å². The number of amides is 1. The van der Waals surface area contributed by atoms with Crippen molar-refractivity contribution in [2.75, 3.05) is 5.32 Å². The minimum atomic E-state index is -0.353. The van der Waals surface area contributed by atoms with Crippen LogP contribution in [0.3, 0.4) is 0 Å². The van der Waals surface area contributed by atoms with Gasteiger partial charge in [0, 0.05) is 23.0 Å². The molecule has 30 heavy (non-hydrogen) atoms. The van der Waals surface area contributed by atoms with Crippen molar-refractivity contribution in [3.63, 3.8) is 0 Å². The molecule has 0 saturated carbocycles. The van der Waals surface area contributed by atoms with E-state index < -0.39 is 0 Å². The Labute approximate surface area is 175 Å². The molecule has 1 aromatic heterocycles. The third-order valence-corrected chi connectivity index (χ3v) is 5.36. The monoisotopic (exact) mass is 394 g/mol. The molecule has 1 aliphatic rings. The van der Waals surface area contributed by atoms with Gasteiger partial charge in [-0.05, 0) is 24.6 Å². The van der Waals surface area contributed by atoms with Gasteiger partial charge in [-0.15, -0.1) is 0 Å². The molecule has 5 heteroatoms. The summed E-state index contributed by atoms with van der Waals surface area (Å²) in [6.07, 6.45) is 1.67. The first-order valence-corrected chi connectivity index (χ1v) is 10.0. The zero-order valence-corrected chi connectivity index (χ0v) is 16.7. The van der Waals surface area contributed by atoms with Gasteiger partial charge < -0.3 is 10.6 Å². The van der Waals surface area contributed by atoms with Crippen molar-refractivity contribution in [1.82, 2.24) is 15.1 Å². The maximum atomic E-state index is 12.7. The third kappa shape index (κ3) is 3.46. The van der Waals surface area contributed by atoms with Crippen LogP contribution in [0.4, 0.5) is 5.69 Å². The number of carbonyl (C=O) groups excluding carboxylic acids is 1. The van der Waals surface area contributed by atoms with E-state index in [1.165, 1.54) is 11.1 Å². The molecule has 0 saturated heterocycles. The van der Waals surface area contributed by atoms with E-state index in [2.05, 4.69) is 54.0 Å². The van der Waals surface area contributed by atoms with Crippen molar-refractivity contribution in [3.8, 4) is 11.3 Å². The lowest BCUT2D eigenvalue weighted by Crippen LogP contribution is -2.38. The third-order valence-electron chi connectivity index (χ3n) is 5.36. The van der Waals surface area contributed by atoms with Crippen LogP contribution in [0.5, 0.6) is 0 Å². The van der Waals surface area contributed by atoms with E-state index in [1.807, 2.05) is 53.3 Å². The lowest BCUT2D eigenvalue weighted by atomic mass is 10.0. The maximum Gasteiger partial charge on any atom is 0.255 e. The van der Waals surface area contributed by atoms with Gasteiger partial charge in [-0.3, -0.25) is 9.48 Å². The van der Waals surface area contributed by atoms with Crippen LogP contribution < -0.4 is 10.6 Å². The molecule has 4 aromatic rings. The standard InChI is InChI=1S/C25H22N4O/c1-17-11-13-19(14-12-17)23-21(16-29(28-23)15-18-7-3-2-4-8-18)24-26-22-10-6-5-9-20(22)25(30)27-24/h2-14,16,24,26H,15H2,1H3,(H,27,30)/t24-/m0/s1. The Kier molecular flexibility index (Phi) is 4.56. The van der Waals surface area contributed by atoms with E-state index in [9.17, 15) is 4.79 Å². The molecule has 0 radical (unpaired) electrons. The van der Waals surface area contributed by atoms with E-state index in [0.29, 0.717) is 12.1 Å². The second kappa shape index (κ2) is 7.52. The first kappa shape index (κ1) is 18.2. The molecular formula is C25H22N4O. The summed E-state index contributed by atoms with van der Waals surface area (Å²) in [6.45, 7) is 2.73. The van der Waals surface area contributed by atoms with E-state index in [0.717, 1.165) is 22.5 Å². The fraction of sp³-hybridized carbons (Fsp3) is 0.120. The predicted molar refractivity (Wildman–Crippen MR) is 118 cm³/mol. The van der Waals surface area contributed by atoms with E-state index >= 15 is 0 Å². The summed E-state index contributed by atoms with van der Waals surface area (Å²) in [6, 6.07) is 26.1. The first-order valence-electron chi connectivity index (χ1n) is 10.0. The molecule has 2 N–H and O–H groups in total. The van der Waals surface area contributed by atoms with Gasteiger partial charge in [-0.25, -0.2) is 0 Å². The molecule has 0 fully saturated rings. The summed E-state index contributed by atoms with van der Waals surface area (Å²) < 4.78 is 1.94. The quantitative estimate of drug-likeness (QED) is 0.525. The highest BCUT2D eigenvalue weighted by Crippen LogP contribution is 2.32. The zero-order chi connectivity index (χ0) is 20.5. The number of nitrogens with zero attached hydrogens (tertiary/aromatic N) is 2. The number of carbonyl (C=O) groups is 1. The number of fused-ring (bicyclic) bond motifs is 1. The number of nitrogens with one attached hydrogen (secondary N) is 2. The zero-order valence-electron chi connectivity index (χ0n) is 16.7. The summed E-state index contributed by atoms with van der Waals surface area (Å²) >= 11 is 0. The fourth-order valence-corrected chi connectivity index (χ4v) is 3.80. The molecule has 1 amide bonds. The second-order valence-electron chi connectivity index (χ2n) is 7.58. The van der Waals surface area contributed by atoms with Crippen LogP contribution in [-0.4, -0.2) is 15.7 Å². The SMILES string of the molecule is Cc1ccc(-c2nn(Cc3ccccc3)cc2[C@@H]2NC(=O)c3ccccc3N2)cc1. The number of para-hydroxylation sites is 1. The van der Waals surface area contributed by atoms with Gasteiger partial charge in [0.25, 0.3) is 5.91 Å². The summed E-state index contributed by atoms with van der Waals surface area (Å²) in [4.78, 5) is 12.7. The first-order chi connectivity index (χ1) is 14.7. The minimum absolute atomic E-state index is 0.0833.